The average molecular weight is 358 g/mol. The Balaban J connectivity index is 1.71. The number of nitrogens with one attached hydrogen (secondary N) is 2. The molecule has 0 unspecified atom stereocenters. The molecule has 22 heavy (non-hydrogen) atoms. The molecule has 1 aliphatic heterocycles. The number of hydrazone groups is 1. The summed E-state index contributed by atoms with van der Waals surface area (Å²) in [4.78, 5) is 11.9. The van der Waals surface area contributed by atoms with Crippen LogP contribution < -0.4 is 15.2 Å². The number of hydrogen-bond acceptors (Lipinski definition) is 2. The molecule has 0 fully saturated rings. The predicted octanol–water partition coefficient (Wildman–Crippen LogP) is 2.67. The van der Waals surface area contributed by atoms with Gasteiger partial charge in [0.25, 0.3) is 0 Å². The maximum atomic E-state index is 11.9. The van der Waals surface area contributed by atoms with Gasteiger partial charge in [-0.1, -0.05) is 0 Å². The van der Waals surface area contributed by atoms with Gasteiger partial charge in [-0.05, 0) is 0 Å². The molecule has 0 aliphatic carbocycles. The molecule has 5 heteroatoms. The molecular formula is C17H17N3OSe. The summed E-state index contributed by atoms with van der Waals surface area (Å²) in [5.41, 5.74) is 6.73. The number of para-hydroxylation sites is 1. The van der Waals surface area contributed by atoms with Crippen LogP contribution in [0.5, 0.6) is 0 Å². The molecule has 0 radical (unpaired) electrons. The molecule has 2 amide bonds. The third-order valence-corrected chi connectivity index (χ3v) is 5.62. The molecule has 0 saturated carbocycles. The fraction of sp³-hybridized carbons (Fsp3) is 0.176. The zero-order valence-electron chi connectivity index (χ0n) is 12.3. The van der Waals surface area contributed by atoms with E-state index >= 15 is 0 Å². The molecule has 3 rings (SSSR count). The van der Waals surface area contributed by atoms with Gasteiger partial charge in [0.2, 0.25) is 0 Å². The van der Waals surface area contributed by atoms with E-state index < -0.39 is 0 Å². The topological polar surface area (TPSA) is 53.5 Å². The third-order valence-electron chi connectivity index (χ3n) is 3.37. The van der Waals surface area contributed by atoms with Crippen molar-refractivity contribution in [2.45, 2.75) is 18.7 Å². The number of rotatable bonds is 2. The van der Waals surface area contributed by atoms with E-state index in [2.05, 4.69) is 41.0 Å². The number of urea groups is 1. The molecule has 0 saturated heterocycles. The van der Waals surface area contributed by atoms with Gasteiger partial charge in [0.15, 0.2) is 0 Å². The Labute approximate surface area is 136 Å². The summed E-state index contributed by atoms with van der Waals surface area (Å²) in [6, 6.07) is 15.5. The molecule has 2 aromatic carbocycles. The average Bonchev–Trinajstić information content (AvgIpc) is 2.54. The number of anilines is 1. The van der Waals surface area contributed by atoms with Crippen LogP contribution in [0.4, 0.5) is 10.5 Å². The van der Waals surface area contributed by atoms with E-state index in [4.69, 9.17) is 0 Å². The zero-order valence-corrected chi connectivity index (χ0v) is 14.0. The number of benzene rings is 2. The summed E-state index contributed by atoms with van der Waals surface area (Å²) >= 11 is 0.508. The maximum absolute atomic E-state index is 11.9. The first-order chi connectivity index (χ1) is 10.7. The third kappa shape index (κ3) is 3.56. The molecule has 112 valence electrons. The summed E-state index contributed by atoms with van der Waals surface area (Å²) in [6.45, 7) is 2.08. The Kier molecular flexibility index (Phi) is 4.56. The number of carbonyl (C=O) groups is 1. The minimum absolute atomic E-state index is 0.316. The van der Waals surface area contributed by atoms with Crippen LogP contribution in [0.2, 0.25) is 5.32 Å². The molecule has 0 bridgehead atoms. The van der Waals surface area contributed by atoms with Crippen LogP contribution in [-0.2, 0) is 0 Å². The van der Waals surface area contributed by atoms with Crippen LogP contribution in [0.1, 0.15) is 17.5 Å². The zero-order chi connectivity index (χ0) is 15.4. The summed E-state index contributed by atoms with van der Waals surface area (Å²) in [5.74, 6) is 0. The number of fused-ring (bicyclic) bond motifs is 1. The molecule has 4 nitrogen and oxygen atoms in total. The van der Waals surface area contributed by atoms with Crippen LogP contribution in [-0.4, -0.2) is 26.7 Å². The number of carbonyl (C=O) groups excluding carboxylic acids is 1. The summed E-state index contributed by atoms with van der Waals surface area (Å²) < 4.78 is 1.37. The number of nitrogens with zero attached hydrogens (tertiary/aromatic N) is 1. The van der Waals surface area contributed by atoms with E-state index in [1.165, 1.54) is 15.6 Å². The van der Waals surface area contributed by atoms with Crippen molar-refractivity contribution in [1.82, 2.24) is 5.43 Å². The van der Waals surface area contributed by atoms with Gasteiger partial charge in [0.05, 0.1) is 0 Å². The van der Waals surface area contributed by atoms with Crippen molar-refractivity contribution in [2.75, 3.05) is 5.32 Å². The molecule has 0 aromatic heterocycles. The van der Waals surface area contributed by atoms with Crippen molar-refractivity contribution in [3.63, 3.8) is 0 Å². The fourth-order valence-corrected chi connectivity index (χ4v) is 4.43. The predicted molar refractivity (Wildman–Crippen MR) is 91.1 cm³/mol. The van der Waals surface area contributed by atoms with Crippen molar-refractivity contribution in [3.05, 3.63) is 59.7 Å². The number of aryl methyl sites for hydroxylation is 1. The molecule has 1 heterocycles. The van der Waals surface area contributed by atoms with Gasteiger partial charge in [0, 0.05) is 0 Å². The van der Waals surface area contributed by atoms with Gasteiger partial charge in [0.1, 0.15) is 0 Å². The molecule has 0 atom stereocenters. The van der Waals surface area contributed by atoms with E-state index in [-0.39, 0.29) is 6.03 Å². The van der Waals surface area contributed by atoms with E-state index in [1.54, 1.807) is 0 Å². The van der Waals surface area contributed by atoms with E-state index in [0.29, 0.717) is 15.0 Å². The van der Waals surface area contributed by atoms with Crippen molar-refractivity contribution < 1.29 is 4.79 Å². The van der Waals surface area contributed by atoms with E-state index in [1.807, 2.05) is 30.3 Å². The quantitative estimate of drug-likeness (QED) is 0.629. The molecular weight excluding hydrogens is 341 g/mol. The van der Waals surface area contributed by atoms with Crippen LogP contribution >= 0.6 is 0 Å². The number of amides is 2. The molecule has 2 N–H and O–H groups in total. The van der Waals surface area contributed by atoms with Gasteiger partial charge in [-0.3, -0.25) is 0 Å². The van der Waals surface area contributed by atoms with Gasteiger partial charge < -0.3 is 0 Å². The standard InChI is InChI=1S/C17H17N3OSe/c1-12-7-8-16-14(11-12)15(9-10-22-16)19-20-17(21)18-13-5-3-2-4-6-13/h2-8,11H,9-10H2,1H3,(H2,18,20,21)/b19-15+. The van der Waals surface area contributed by atoms with Crippen LogP contribution in [0, 0.1) is 6.92 Å². The Morgan fingerprint density at radius 2 is 2.00 bits per heavy atom. The van der Waals surface area contributed by atoms with Crippen LogP contribution in [0.3, 0.4) is 0 Å². The first-order valence-corrected chi connectivity index (χ1v) is 9.21. The number of hydrogen-bond donors (Lipinski definition) is 2. The SMILES string of the molecule is Cc1ccc2c(c1)/C(=N/NC(=O)Nc1ccccc1)CC[Se]2. The van der Waals surface area contributed by atoms with Crippen LogP contribution in [0.15, 0.2) is 53.6 Å². The normalized spacial score (nSPS) is 15.2. The molecule has 2 aromatic rings. The van der Waals surface area contributed by atoms with Gasteiger partial charge in [-0.2, -0.15) is 0 Å². The van der Waals surface area contributed by atoms with E-state index in [0.717, 1.165) is 23.1 Å². The molecule has 0 spiro atoms. The second kappa shape index (κ2) is 6.77. The summed E-state index contributed by atoms with van der Waals surface area (Å²) in [5, 5.41) is 8.22. The summed E-state index contributed by atoms with van der Waals surface area (Å²) in [6.07, 6.45) is 0.919. The van der Waals surface area contributed by atoms with Crippen LogP contribution in [0.25, 0.3) is 0 Å². The van der Waals surface area contributed by atoms with Gasteiger partial charge in [-0.25, -0.2) is 0 Å². The Hall–Kier alpha value is -2.10. The van der Waals surface area contributed by atoms with Crippen molar-refractivity contribution in [1.29, 1.82) is 0 Å². The summed E-state index contributed by atoms with van der Waals surface area (Å²) in [7, 11) is 0. The Morgan fingerprint density at radius 3 is 2.82 bits per heavy atom. The van der Waals surface area contributed by atoms with Gasteiger partial charge in [-0.15, -0.1) is 0 Å². The Bertz CT molecular complexity index is 713. The van der Waals surface area contributed by atoms with E-state index in [9.17, 15) is 4.79 Å². The van der Waals surface area contributed by atoms with Crippen molar-refractivity contribution in [2.24, 2.45) is 5.10 Å². The second-order valence-electron chi connectivity index (χ2n) is 5.09. The second-order valence-corrected chi connectivity index (χ2v) is 7.47. The van der Waals surface area contributed by atoms with Crippen molar-refractivity contribution in [3.8, 4) is 0 Å². The van der Waals surface area contributed by atoms with Gasteiger partial charge >= 0.3 is 136 Å². The Morgan fingerprint density at radius 1 is 1.18 bits per heavy atom. The first-order valence-electron chi connectivity index (χ1n) is 7.15. The van der Waals surface area contributed by atoms with Crippen molar-refractivity contribution >= 4 is 36.8 Å². The fourth-order valence-electron chi connectivity index (χ4n) is 2.30. The molecule has 1 aliphatic rings. The minimum atomic E-state index is -0.316. The first kappa shape index (κ1) is 14.8. The monoisotopic (exact) mass is 359 g/mol.